The Kier molecular flexibility index (Phi) is 5.30. The van der Waals surface area contributed by atoms with Crippen molar-refractivity contribution in [2.75, 3.05) is 18.5 Å². The summed E-state index contributed by atoms with van der Waals surface area (Å²) in [6.07, 6.45) is 0.833. The summed E-state index contributed by atoms with van der Waals surface area (Å²) in [4.78, 5) is 2.15. The van der Waals surface area contributed by atoms with E-state index in [9.17, 15) is 0 Å². The van der Waals surface area contributed by atoms with E-state index in [0.29, 0.717) is 6.54 Å². The molecule has 0 unspecified atom stereocenters. The van der Waals surface area contributed by atoms with Gasteiger partial charge in [0.2, 0.25) is 0 Å². The van der Waals surface area contributed by atoms with Gasteiger partial charge in [0.1, 0.15) is 0 Å². The van der Waals surface area contributed by atoms with Crippen molar-refractivity contribution in [1.29, 1.82) is 0 Å². The second kappa shape index (κ2) is 6.98. The zero-order chi connectivity index (χ0) is 14.5. The summed E-state index contributed by atoms with van der Waals surface area (Å²) in [6, 6.07) is 13.8. The minimum absolute atomic E-state index is 0.620. The highest BCUT2D eigenvalue weighted by atomic mass is 35.5. The first-order valence-corrected chi connectivity index (χ1v) is 7.30. The van der Waals surface area contributed by atoms with Crippen molar-refractivity contribution in [2.24, 2.45) is 5.73 Å². The number of anilines is 1. The molecule has 0 aliphatic heterocycles. The third-order valence-electron chi connectivity index (χ3n) is 3.24. The SMILES string of the molecule is CN(Cc1ccccc1Cl)c1cc(Cl)ccc1CCN. The zero-order valence-electron chi connectivity index (χ0n) is 11.4. The van der Waals surface area contributed by atoms with Gasteiger partial charge in [-0.05, 0) is 42.3 Å². The second-order valence-electron chi connectivity index (χ2n) is 4.76. The lowest BCUT2D eigenvalue weighted by molar-refractivity contribution is 0.893. The predicted octanol–water partition coefficient (Wildman–Crippen LogP) is 4.13. The molecule has 4 heteroatoms. The molecule has 0 spiro atoms. The lowest BCUT2D eigenvalue weighted by atomic mass is 10.1. The average Bonchev–Trinajstić information content (AvgIpc) is 2.43. The number of hydrogen-bond donors (Lipinski definition) is 1. The van der Waals surface area contributed by atoms with Crippen molar-refractivity contribution in [3.8, 4) is 0 Å². The van der Waals surface area contributed by atoms with Crippen molar-refractivity contribution < 1.29 is 0 Å². The minimum atomic E-state index is 0.620. The molecule has 2 aromatic rings. The van der Waals surface area contributed by atoms with E-state index in [0.717, 1.165) is 34.3 Å². The zero-order valence-corrected chi connectivity index (χ0v) is 13.0. The van der Waals surface area contributed by atoms with Gasteiger partial charge in [-0.15, -0.1) is 0 Å². The van der Waals surface area contributed by atoms with Crippen LogP contribution in [0.2, 0.25) is 10.0 Å². The van der Waals surface area contributed by atoms with Crippen LogP contribution in [0.3, 0.4) is 0 Å². The predicted molar refractivity (Wildman–Crippen MR) is 87.8 cm³/mol. The molecule has 106 valence electrons. The van der Waals surface area contributed by atoms with Crippen LogP contribution in [-0.2, 0) is 13.0 Å². The first-order valence-electron chi connectivity index (χ1n) is 6.55. The van der Waals surface area contributed by atoms with Crippen LogP contribution in [0.25, 0.3) is 0 Å². The first kappa shape index (κ1) is 15.2. The van der Waals surface area contributed by atoms with Gasteiger partial charge in [-0.2, -0.15) is 0 Å². The third kappa shape index (κ3) is 3.66. The number of hydrogen-bond acceptors (Lipinski definition) is 2. The molecule has 0 aliphatic carbocycles. The topological polar surface area (TPSA) is 29.3 Å². The Labute approximate surface area is 130 Å². The van der Waals surface area contributed by atoms with Gasteiger partial charge >= 0.3 is 0 Å². The molecule has 0 radical (unpaired) electrons. The van der Waals surface area contributed by atoms with E-state index < -0.39 is 0 Å². The molecule has 2 N–H and O–H groups in total. The lowest BCUT2D eigenvalue weighted by Gasteiger charge is -2.23. The van der Waals surface area contributed by atoms with Gasteiger partial charge < -0.3 is 10.6 Å². The molecule has 0 saturated carbocycles. The molecule has 2 nitrogen and oxygen atoms in total. The summed E-state index contributed by atoms with van der Waals surface area (Å²) < 4.78 is 0. The maximum absolute atomic E-state index is 6.22. The Hall–Kier alpha value is -1.22. The fourth-order valence-corrected chi connectivity index (χ4v) is 2.59. The van der Waals surface area contributed by atoms with E-state index in [1.165, 1.54) is 5.56 Å². The van der Waals surface area contributed by atoms with Gasteiger partial charge in [0.25, 0.3) is 0 Å². The monoisotopic (exact) mass is 308 g/mol. The molecule has 0 aromatic heterocycles. The Morgan fingerprint density at radius 2 is 1.80 bits per heavy atom. The molecule has 0 atom stereocenters. The molecular weight excluding hydrogens is 291 g/mol. The minimum Gasteiger partial charge on any atom is -0.370 e. The van der Waals surface area contributed by atoms with Gasteiger partial charge in [0, 0.05) is 29.3 Å². The van der Waals surface area contributed by atoms with Crippen molar-refractivity contribution >= 4 is 28.9 Å². The van der Waals surface area contributed by atoms with Crippen molar-refractivity contribution in [2.45, 2.75) is 13.0 Å². The van der Waals surface area contributed by atoms with E-state index in [1.54, 1.807) is 0 Å². The molecule has 0 bridgehead atoms. The highest BCUT2D eigenvalue weighted by molar-refractivity contribution is 6.31. The number of rotatable bonds is 5. The molecule has 0 amide bonds. The molecule has 2 rings (SSSR count). The van der Waals surface area contributed by atoms with E-state index in [1.807, 2.05) is 49.5 Å². The normalized spacial score (nSPS) is 10.6. The summed E-state index contributed by atoms with van der Waals surface area (Å²) in [5, 5.41) is 1.51. The number of nitrogens with zero attached hydrogens (tertiary/aromatic N) is 1. The summed E-state index contributed by atoms with van der Waals surface area (Å²) in [5.74, 6) is 0. The van der Waals surface area contributed by atoms with Crippen LogP contribution in [0.5, 0.6) is 0 Å². The summed E-state index contributed by atoms with van der Waals surface area (Å²) in [5.41, 5.74) is 9.06. The smallest absolute Gasteiger partial charge is 0.0455 e. The van der Waals surface area contributed by atoms with E-state index >= 15 is 0 Å². The third-order valence-corrected chi connectivity index (χ3v) is 3.84. The standard InChI is InChI=1S/C16H18Cl2N2/c1-20(11-13-4-2-3-5-15(13)18)16-10-14(17)7-6-12(16)8-9-19/h2-7,10H,8-9,11,19H2,1H3. The number of halogens is 2. The van der Waals surface area contributed by atoms with Crippen LogP contribution in [0.1, 0.15) is 11.1 Å². The van der Waals surface area contributed by atoms with Crippen LogP contribution in [-0.4, -0.2) is 13.6 Å². The molecule has 0 saturated heterocycles. The van der Waals surface area contributed by atoms with Gasteiger partial charge in [-0.1, -0.05) is 47.5 Å². The van der Waals surface area contributed by atoms with E-state index in [2.05, 4.69) is 4.90 Å². The Morgan fingerprint density at radius 1 is 1.05 bits per heavy atom. The molecule has 0 heterocycles. The fourth-order valence-electron chi connectivity index (χ4n) is 2.23. The van der Waals surface area contributed by atoms with Crippen molar-refractivity contribution in [3.05, 3.63) is 63.6 Å². The number of nitrogens with two attached hydrogens (primary N) is 1. The van der Waals surface area contributed by atoms with Crippen LogP contribution >= 0.6 is 23.2 Å². The first-order chi connectivity index (χ1) is 9.61. The van der Waals surface area contributed by atoms with Gasteiger partial charge in [0.05, 0.1) is 0 Å². The highest BCUT2D eigenvalue weighted by Crippen LogP contribution is 2.27. The molecule has 0 fully saturated rings. The molecule has 2 aromatic carbocycles. The highest BCUT2D eigenvalue weighted by Gasteiger charge is 2.10. The lowest BCUT2D eigenvalue weighted by Crippen LogP contribution is -2.19. The second-order valence-corrected chi connectivity index (χ2v) is 5.60. The van der Waals surface area contributed by atoms with Gasteiger partial charge in [-0.25, -0.2) is 0 Å². The summed E-state index contributed by atoms with van der Waals surface area (Å²) in [6.45, 7) is 1.35. The Bertz CT molecular complexity index is 584. The van der Waals surface area contributed by atoms with E-state index in [4.69, 9.17) is 28.9 Å². The quantitative estimate of drug-likeness (QED) is 0.900. The fraction of sp³-hybridized carbons (Fsp3) is 0.250. The van der Waals surface area contributed by atoms with Crippen molar-refractivity contribution in [1.82, 2.24) is 0 Å². The van der Waals surface area contributed by atoms with Gasteiger partial charge in [0.15, 0.2) is 0 Å². The Morgan fingerprint density at radius 3 is 2.50 bits per heavy atom. The molecule has 20 heavy (non-hydrogen) atoms. The van der Waals surface area contributed by atoms with Crippen molar-refractivity contribution in [3.63, 3.8) is 0 Å². The maximum atomic E-state index is 6.22. The molecule has 0 aliphatic rings. The Balaban J connectivity index is 2.26. The summed E-state index contributed by atoms with van der Waals surface area (Å²) in [7, 11) is 2.04. The molecular formula is C16H18Cl2N2. The van der Waals surface area contributed by atoms with Crippen LogP contribution in [0, 0.1) is 0 Å². The van der Waals surface area contributed by atoms with Crippen LogP contribution in [0.4, 0.5) is 5.69 Å². The largest absolute Gasteiger partial charge is 0.370 e. The number of benzene rings is 2. The maximum Gasteiger partial charge on any atom is 0.0455 e. The van der Waals surface area contributed by atoms with E-state index in [-0.39, 0.29) is 0 Å². The summed E-state index contributed by atoms with van der Waals surface area (Å²) >= 11 is 12.3. The van der Waals surface area contributed by atoms with Crippen LogP contribution < -0.4 is 10.6 Å². The average molecular weight is 309 g/mol. The van der Waals surface area contributed by atoms with Gasteiger partial charge in [-0.3, -0.25) is 0 Å². The van der Waals surface area contributed by atoms with Crippen LogP contribution in [0.15, 0.2) is 42.5 Å².